The summed E-state index contributed by atoms with van der Waals surface area (Å²) in [6.45, 7) is 10.6. The molecule has 18 heavy (non-hydrogen) atoms. The minimum absolute atomic E-state index is 0.00551. The number of carbonyl (C=O) groups is 1. The summed E-state index contributed by atoms with van der Waals surface area (Å²) < 4.78 is 0. The normalized spacial score (nSPS) is 10.5. The van der Waals surface area contributed by atoms with Gasteiger partial charge < -0.3 is 10.2 Å². The molecule has 100 valence electrons. The van der Waals surface area contributed by atoms with Crippen LogP contribution in [0.4, 0.5) is 5.69 Å². The van der Waals surface area contributed by atoms with Crippen molar-refractivity contribution in [3.8, 4) is 0 Å². The molecule has 0 saturated carbocycles. The second-order valence-electron chi connectivity index (χ2n) is 4.70. The Bertz CT molecular complexity index is 390. The average Bonchev–Trinajstić information content (AvgIpc) is 2.35. The largest absolute Gasteiger partial charge is 0.385 e. The molecule has 4 heteroatoms. The summed E-state index contributed by atoms with van der Waals surface area (Å²) in [5, 5.41) is 3.19. The van der Waals surface area contributed by atoms with Crippen LogP contribution in [0.1, 0.15) is 38.2 Å². The van der Waals surface area contributed by atoms with Crippen molar-refractivity contribution in [2.24, 2.45) is 5.92 Å². The van der Waals surface area contributed by atoms with Crippen molar-refractivity contribution >= 4 is 11.6 Å². The third kappa shape index (κ3) is 4.02. The highest BCUT2D eigenvalue weighted by Crippen LogP contribution is 2.11. The smallest absolute Gasteiger partial charge is 0.272 e. The molecule has 1 aromatic heterocycles. The molecule has 0 fully saturated rings. The van der Waals surface area contributed by atoms with Crippen molar-refractivity contribution in [1.82, 2.24) is 9.88 Å². The van der Waals surface area contributed by atoms with Crippen molar-refractivity contribution in [2.75, 3.05) is 25.0 Å². The molecule has 1 N–H and O–H groups in total. The van der Waals surface area contributed by atoms with E-state index in [2.05, 4.69) is 24.1 Å². The van der Waals surface area contributed by atoms with E-state index in [9.17, 15) is 4.79 Å². The van der Waals surface area contributed by atoms with Gasteiger partial charge in [-0.05, 0) is 31.9 Å². The summed E-state index contributed by atoms with van der Waals surface area (Å²) in [5.41, 5.74) is 1.45. The lowest BCUT2D eigenvalue weighted by molar-refractivity contribution is 0.0740. The van der Waals surface area contributed by atoms with Gasteiger partial charge in [0.25, 0.3) is 5.91 Å². The summed E-state index contributed by atoms with van der Waals surface area (Å²) in [5.74, 6) is 0.469. The van der Waals surface area contributed by atoms with Crippen molar-refractivity contribution in [3.63, 3.8) is 0 Å². The van der Waals surface area contributed by atoms with Crippen LogP contribution >= 0.6 is 0 Å². The monoisotopic (exact) mass is 249 g/mol. The SMILES string of the molecule is CCNc1ccnc(C(=O)N(CC)CC(C)C)c1. The molecule has 1 heterocycles. The molecule has 0 bridgehead atoms. The number of aromatic nitrogens is 1. The maximum Gasteiger partial charge on any atom is 0.272 e. The predicted octanol–water partition coefficient (Wildman–Crippen LogP) is 2.63. The molecule has 0 aliphatic rings. The van der Waals surface area contributed by atoms with Gasteiger partial charge in [-0.15, -0.1) is 0 Å². The zero-order chi connectivity index (χ0) is 13.5. The molecule has 0 radical (unpaired) electrons. The lowest BCUT2D eigenvalue weighted by Gasteiger charge is -2.22. The molecular formula is C14H23N3O. The molecule has 0 aliphatic heterocycles. The molecule has 0 saturated heterocycles. The van der Waals surface area contributed by atoms with Crippen LogP contribution in [-0.4, -0.2) is 35.4 Å². The number of carbonyl (C=O) groups excluding carboxylic acids is 1. The van der Waals surface area contributed by atoms with Gasteiger partial charge in [0.15, 0.2) is 0 Å². The average molecular weight is 249 g/mol. The topological polar surface area (TPSA) is 45.2 Å². The molecule has 1 rings (SSSR count). The Balaban J connectivity index is 2.84. The number of nitrogens with one attached hydrogen (secondary N) is 1. The van der Waals surface area contributed by atoms with Gasteiger partial charge in [0.2, 0.25) is 0 Å². The van der Waals surface area contributed by atoms with E-state index in [1.165, 1.54) is 0 Å². The zero-order valence-electron chi connectivity index (χ0n) is 11.7. The van der Waals surface area contributed by atoms with Crippen LogP contribution in [0.15, 0.2) is 18.3 Å². The summed E-state index contributed by atoms with van der Waals surface area (Å²) >= 11 is 0. The van der Waals surface area contributed by atoms with Crippen LogP contribution in [-0.2, 0) is 0 Å². The van der Waals surface area contributed by atoms with Gasteiger partial charge in [0.05, 0.1) is 0 Å². The lowest BCUT2D eigenvalue weighted by Crippen LogP contribution is -2.34. The molecule has 0 unspecified atom stereocenters. The number of anilines is 1. The Morgan fingerprint density at radius 2 is 2.17 bits per heavy atom. The quantitative estimate of drug-likeness (QED) is 0.843. The first-order valence-corrected chi connectivity index (χ1v) is 6.57. The maximum atomic E-state index is 12.3. The Hall–Kier alpha value is -1.58. The highest BCUT2D eigenvalue weighted by atomic mass is 16.2. The van der Waals surface area contributed by atoms with Crippen molar-refractivity contribution in [1.29, 1.82) is 0 Å². The number of nitrogens with zero attached hydrogens (tertiary/aromatic N) is 2. The Labute approximate surface area is 109 Å². The van der Waals surface area contributed by atoms with E-state index in [1.54, 1.807) is 6.20 Å². The molecule has 0 atom stereocenters. The highest BCUT2D eigenvalue weighted by Gasteiger charge is 2.16. The number of hydrogen-bond donors (Lipinski definition) is 1. The predicted molar refractivity (Wildman–Crippen MR) is 74.8 cm³/mol. The number of pyridine rings is 1. The fourth-order valence-corrected chi connectivity index (χ4v) is 1.82. The van der Waals surface area contributed by atoms with Gasteiger partial charge in [-0.25, -0.2) is 0 Å². The summed E-state index contributed by atoms with van der Waals surface area (Å²) in [4.78, 5) is 18.3. The molecule has 0 spiro atoms. The van der Waals surface area contributed by atoms with Crippen molar-refractivity contribution < 1.29 is 4.79 Å². The van der Waals surface area contributed by atoms with E-state index in [-0.39, 0.29) is 5.91 Å². The van der Waals surface area contributed by atoms with E-state index in [1.807, 2.05) is 30.9 Å². The van der Waals surface area contributed by atoms with Gasteiger partial charge in [0, 0.05) is 31.5 Å². The number of amides is 1. The molecule has 1 amide bonds. The first-order valence-electron chi connectivity index (χ1n) is 6.57. The molecule has 0 aliphatic carbocycles. The molecule has 0 aromatic carbocycles. The van der Waals surface area contributed by atoms with Crippen LogP contribution in [0.2, 0.25) is 0 Å². The highest BCUT2D eigenvalue weighted by molar-refractivity contribution is 5.93. The molecular weight excluding hydrogens is 226 g/mol. The fourth-order valence-electron chi connectivity index (χ4n) is 1.82. The van der Waals surface area contributed by atoms with E-state index in [0.717, 1.165) is 18.8 Å². The minimum atomic E-state index is 0.00551. The lowest BCUT2D eigenvalue weighted by atomic mass is 10.2. The van der Waals surface area contributed by atoms with Crippen molar-refractivity contribution in [2.45, 2.75) is 27.7 Å². The van der Waals surface area contributed by atoms with Gasteiger partial charge in [-0.2, -0.15) is 0 Å². The first-order chi connectivity index (χ1) is 8.58. The van der Waals surface area contributed by atoms with Gasteiger partial charge in [0.1, 0.15) is 5.69 Å². The van der Waals surface area contributed by atoms with Gasteiger partial charge in [-0.3, -0.25) is 9.78 Å². The standard InChI is InChI=1S/C14H23N3O/c1-5-15-12-7-8-16-13(9-12)14(18)17(6-2)10-11(3)4/h7-9,11H,5-6,10H2,1-4H3,(H,15,16). The second kappa shape index (κ2) is 6.99. The van der Waals surface area contributed by atoms with Crippen molar-refractivity contribution in [3.05, 3.63) is 24.0 Å². The third-order valence-electron chi connectivity index (χ3n) is 2.61. The van der Waals surface area contributed by atoms with E-state index in [0.29, 0.717) is 18.2 Å². The number of hydrogen-bond acceptors (Lipinski definition) is 3. The summed E-state index contributed by atoms with van der Waals surface area (Å²) in [6, 6.07) is 3.69. The molecule has 1 aromatic rings. The van der Waals surface area contributed by atoms with Crippen LogP contribution in [0.25, 0.3) is 0 Å². The van der Waals surface area contributed by atoms with Crippen LogP contribution in [0.5, 0.6) is 0 Å². The Morgan fingerprint density at radius 1 is 1.44 bits per heavy atom. The second-order valence-corrected chi connectivity index (χ2v) is 4.70. The van der Waals surface area contributed by atoms with Gasteiger partial charge >= 0.3 is 0 Å². The third-order valence-corrected chi connectivity index (χ3v) is 2.61. The van der Waals surface area contributed by atoms with Crippen LogP contribution in [0, 0.1) is 5.92 Å². The fraction of sp³-hybridized carbons (Fsp3) is 0.571. The van der Waals surface area contributed by atoms with Crippen LogP contribution in [0.3, 0.4) is 0 Å². The Morgan fingerprint density at radius 3 is 2.72 bits per heavy atom. The van der Waals surface area contributed by atoms with Crippen LogP contribution < -0.4 is 5.32 Å². The van der Waals surface area contributed by atoms with E-state index >= 15 is 0 Å². The zero-order valence-corrected chi connectivity index (χ0v) is 11.7. The first kappa shape index (κ1) is 14.5. The summed E-state index contributed by atoms with van der Waals surface area (Å²) in [6.07, 6.45) is 1.68. The van der Waals surface area contributed by atoms with E-state index < -0.39 is 0 Å². The maximum absolute atomic E-state index is 12.3. The summed E-state index contributed by atoms with van der Waals surface area (Å²) in [7, 11) is 0. The van der Waals surface area contributed by atoms with E-state index in [4.69, 9.17) is 0 Å². The Kier molecular flexibility index (Phi) is 5.62. The molecule has 4 nitrogen and oxygen atoms in total. The minimum Gasteiger partial charge on any atom is -0.385 e. The number of rotatable bonds is 6. The van der Waals surface area contributed by atoms with Gasteiger partial charge in [-0.1, -0.05) is 13.8 Å².